The van der Waals surface area contributed by atoms with Crippen molar-refractivity contribution < 1.29 is 0 Å². The van der Waals surface area contributed by atoms with E-state index in [1.54, 1.807) is 0 Å². The Balaban J connectivity index is 2.17. The lowest BCUT2D eigenvalue weighted by Crippen LogP contribution is -2.19. The van der Waals surface area contributed by atoms with Crippen LogP contribution in [0.2, 0.25) is 0 Å². The van der Waals surface area contributed by atoms with E-state index in [1.807, 2.05) is 31.4 Å². The third-order valence-corrected chi connectivity index (χ3v) is 3.23. The van der Waals surface area contributed by atoms with Gasteiger partial charge < -0.3 is 5.32 Å². The molecule has 88 valence electrons. The summed E-state index contributed by atoms with van der Waals surface area (Å²) in [6.07, 6.45) is 2.73. The zero-order chi connectivity index (χ0) is 12.1. The number of pyridine rings is 1. The van der Waals surface area contributed by atoms with Crippen LogP contribution >= 0.6 is 15.9 Å². The van der Waals surface area contributed by atoms with Gasteiger partial charge in [0.15, 0.2) is 0 Å². The lowest BCUT2D eigenvalue weighted by molar-refractivity contribution is 0.584. The van der Waals surface area contributed by atoms with Gasteiger partial charge in [-0.3, -0.25) is 4.98 Å². The summed E-state index contributed by atoms with van der Waals surface area (Å²) < 4.78 is 1.11. The highest BCUT2D eigenvalue weighted by molar-refractivity contribution is 9.10. The highest BCUT2D eigenvalue weighted by atomic mass is 79.9. The van der Waals surface area contributed by atoms with E-state index in [2.05, 4.69) is 50.5 Å². The molecule has 0 fully saturated rings. The van der Waals surface area contributed by atoms with Crippen molar-refractivity contribution in [3.8, 4) is 0 Å². The first-order valence-electron chi connectivity index (χ1n) is 5.62. The summed E-state index contributed by atoms with van der Waals surface area (Å²) in [6.45, 7) is 0. The normalized spacial score (nSPS) is 12.4. The molecule has 1 aromatic heterocycles. The molecule has 0 aliphatic rings. The fraction of sp³-hybridized carbons (Fsp3) is 0.214. The summed E-state index contributed by atoms with van der Waals surface area (Å²) in [7, 11) is 1.98. The van der Waals surface area contributed by atoms with Crippen LogP contribution in [0.1, 0.15) is 17.3 Å². The highest BCUT2D eigenvalue weighted by Gasteiger charge is 2.10. The summed E-state index contributed by atoms with van der Waals surface area (Å²) in [5.41, 5.74) is 2.37. The lowest BCUT2D eigenvalue weighted by atomic mass is 10.0. The summed E-state index contributed by atoms with van der Waals surface area (Å²) in [5.74, 6) is 0. The smallest absolute Gasteiger partial charge is 0.0422 e. The molecule has 2 aromatic rings. The molecule has 0 bridgehead atoms. The monoisotopic (exact) mass is 290 g/mol. The molecular formula is C14H15BrN2. The van der Waals surface area contributed by atoms with Gasteiger partial charge in [0.1, 0.15) is 0 Å². The summed E-state index contributed by atoms with van der Waals surface area (Å²) >= 11 is 3.50. The third kappa shape index (κ3) is 3.38. The molecule has 1 heterocycles. The Hall–Kier alpha value is -1.19. The van der Waals surface area contributed by atoms with Crippen molar-refractivity contribution >= 4 is 15.9 Å². The van der Waals surface area contributed by atoms with Gasteiger partial charge in [0, 0.05) is 28.8 Å². The van der Waals surface area contributed by atoms with E-state index >= 15 is 0 Å². The first kappa shape index (κ1) is 12.3. The van der Waals surface area contributed by atoms with Crippen LogP contribution in [-0.2, 0) is 6.42 Å². The number of benzene rings is 1. The Kier molecular flexibility index (Phi) is 4.29. The first-order valence-corrected chi connectivity index (χ1v) is 6.41. The van der Waals surface area contributed by atoms with Gasteiger partial charge >= 0.3 is 0 Å². The Morgan fingerprint density at radius 2 is 2.12 bits per heavy atom. The highest BCUT2D eigenvalue weighted by Crippen LogP contribution is 2.20. The molecule has 1 aromatic carbocycles. The maximum absolute atomic E-state index is 4.36. The van der Waals surface area contributed by atoms with Crippen LogP contribution in [0.15, 0.2) is 53.1 Å². The molecule has 0 saturated carbocycles. The molecule has 0 saturated heterocycles. The van der Waals surface area contributed by atoms with Gasteiger partial charge in [-0.15, -0.1) is 0 Å². The zero-order valence-corrected chi connectivity index (χ0v) is 11.3. The van der Waals surface area contributed by atoms with Gasteiger partial charge in [-0.25, -0.2) is 0 Å². The van der Waals surface area contributed by atoms with Crippen LogP contribution in [0.25, 0.3) is 0 Å². The Morgan fingerprint density at radius 1 is 1.24 bits per heavy atom. The van der Waals surface area contributed by atoms with Crippen molar-refractivity contribution in [3.63, 3.8) is 0 Å². The third-order valence-electron chi connectivity index (χ3n) is 2.74. The standard InChI is InChI=1S/C14H15BrN2/c1-16-14(10-13-7-2-3-8-17-13)11-5-4-6-12(15)9-11/h2-9,14,16H,10H2,1H3. The average Bonchev–Trinajstić information content (AvgIpc) is 2.37. The molecule has 2 rings (SSSR count). The first-order chi connectivity index (χ1) is 8.29. The second-order valence-electron chi connectivity index (χ2n) is 3.92. The molecule has 1 atom stereocenters. The van der Waals surface area contributed by atoms with Gasteiger partial charge in [-0.2, -0.15) is 0 Å². The fourth-order valence-electron chi connectivity index (χ4n) is 1.84. The molecule has 0 aliphatic carbocycles. The van der Waals surface area contributed by atoms with E-state index in [9.17, 15) is 0 Å². The molecule has 17 heavy (non-hydrogen) atoms. The molecule has 0 radical (unpaired) electrons. The molecule has 1 N–H and O–H groups in total. The molecule has 0 spiro atoms. The minimum absolute atomic E-state index is 0.294. The number of nitrogens with zero attached hydrogens (tertiary/aromatic N) is 1. The van der Waals surface area contributed by atoms with Gasteiger partial charge in [-0.1, -0.05) is 34.1 Å². The molecular weight excluding hydrogens is 276 g/mol. The van der Waals surface area contributed by atoms with Gasteiger partial charge in [0.2, 0.25) is 0 Å². The van der Waals surface area contributed by atoms with Crippen LogP contribution in [0, 0.1) is 0 Å². The predicted molar refractivity (Wildman–Crippen MR) is 73.9 cm³/mol. The quantitative estimate of drug-likeness (QED) is 0.934. The van der Waals surface area contributed by atoms with Gasteiger partial charge in [0.05, 0.1) is 0 Å². The molecule has 0 aliphatic heterocycles. The lowest BCUT2D eigenvalue weighted by Gasteiger charge is -2.16. The SMILES string of the molecule is CNC(Cc1ccccn1)c1cccc(Br)c1. The van der Waals surface area contributed by atoms with E-state index in [-0.39, 0.29) is 0 Å². The summed E-state index contributed by atoms with van der Waals surface area (Å²) in [6, 6.07) is 14.7. The number of halogens is 1. The van der Waals surface area contributed by atoms with Crippen molar-refractivity contribution in [1.29, 1.82) is 0 Å². The van der Waals surface area contributed by atoms with Crippen LogP contribution in [0.3, 0.4) is 0 Å². The minimum atomic E-state index is 0.294. The minimum Gasteiger partial charge on any atom is -0.313 e. The van der Waals surface area contributed by atoms with Gasteiger partial charge in [0.25, 0.3) is 0 Å². The van der Waals surface area contributed by atoms with E-state index < -0.39 is 0 Å². The predicted octanol–water partition coefficient (Wildman–Crippen LogP) is 3.35. The van der Waals surface area contributed by atoms with E-state index in [1.165, 1.54) is 5.56 Å². The molecule has 2 nitrogen and oxygen atoms in total. The van der Waals surface area contributed by atoms with Crippen LogP contribution in [0.5, 0.6) is 0 Å². The number of rotatable bonds is 4. The van der Waals surface area contributed by atoms with E-state index in [4.69, 9.17) is 0 Å². The summed E-state index contributed by atoms with van der Waals surface area (Å²) in [5, 5.41) is 3.33. The Bertz CT molecular complexity index is 471. The number of hydrogen-bond donors (Lipinski definition) is 1. The fourth-order valence-corrected chi connectivity index (χ4v) is 2.25. The second-order valence-corrected chi connectivity index (χ2v) is 4.84. The Labute approximate surface area is 110 Å². The van der Waals surface area contributed by atoms with Crippen molar-refractivity contribution in [2.45, 2.75) is 12.5 Å². The van der Waals surface area contributed by atoms with Crippen molar-refractivity contribution in [2.24, 2.45) is 0 Å². The van der Waals surface area contributed by atoms with Crippen LogP contribution in [-0.4, -0.2) is 12.0 Å². The molecule has 3 heteroatoms. The van der Waals surface area contributed by atoms with Crippen molar-refractivity contribution in [3.05, 3.63) is 64.4 Å². The van der Waals surface area contributed by atoms with E-state index in [0.29, 0.717) is 6.04 Å². The molecule has 0 amide bonds. The number of hydrogen-bond acceptors (Lipinski definition) is 2. The van der Waals surface area contributed by atoms with Crippen molar-refractivity contribution in [2.75, 3.05) is 7.05 Å². The summed E-state index contributed by atoms with van der Waals surface area (Å²) in [4.78, 5) is 4.36. The average molecular weight is 291 g/mol. The Morgan fingerprint density at radius 3 is 2.76 bits per heavy atom. The van der Waals surface area contributed by atoms with Crippen LogP contribution < -0.4 is 5.32 Å². The number of nitrogens with one attached hydrogen (secondary N) is 1. The van der Waals surface area contributed by atoms with Gasteiger partial charge in [-0.05, 0) is 36.9 Å². The maximum Gasteiger partial charge on any atom is 0.0422 e. The van der Waals surface area contributed by atoms with Crippen LogP contribution in [0.4, 0.5) is 0 Å². The number of aromatic nitrogens is 1. The topological polar surface area (TPSA) is 24.9 Å². The zero-order valence-electron chi connectivity index (χ0n) is 9.73. The van der Waals surface area contributed by atoms with E-state index in [0.717, 1.165) is 16.6 Å². The second kappa shape index (κ2) is 5.94. The number of likely N-dealkylation sites (N-methyl/N-ethyl adjacent to an activating group) is 1. The van der Waals surface area contributed by atoms with Crippen molar-refractivity contribution in [1.82, 2.24) is 10.3 Å². The molecule has 1 unspecified atom stereocenters. The maximum atomic E-state index is 4.36. The largest absolute Gasteiger partial charge is 0.313 e.